The summed E-state index contributed by atoms with van der Waals surface area (Å²) in [7, 11) is -2.81. The van der Waals surface area contributed by atoms with Crippen molar-refractivity contribution in [3.63, 3.8) is 0 Å². The number of esters is 1. The monoisotopic (exact) mass is 433 g/mol. The van der Waals surface area contributed by atoms with Crippen LogP contribution in [0.3, 0.4) is 0 Å². The zero-order valence-electron chi connectivity index (χ0n) is 15.3. The van der Waals surface area contributed by atoms with Crippen molar-refractivity contribution in [1.82, 2.24) is 24.2 Å². The van der Waals surface area contributed by atoms with E-state index in [4.69, 9.17) is 0 Å². The Balaban J connectivity index is 1.64. The molecule has 1 aliphatic rings. The fraction of sp³-hybridized carbons (Fsp3) is 0.438. The van der Waals surface area contributed by atoms with Crippen LogP contribution in [0.15, 0.2) is 35.4 Å². The van der Waals surface area contributed by atoms with Gasteiger partial charge in [-0.3, -0.25) is 4.90 Å². The highest BCUT2D eigenvalue weighted by molar-refractivity contribution is 7.89. The zero-order valence-corrected chi connectivity index (χ0v) is 16.1. The highest BCUT2D eigenvalue weighted by Crippen LogP contribution is 2.31. The third kappa shape index (κ3) is 4.74. The molecule has 1 aromatic carbocycles. The smallest absolute Gasteiger partial charge is 0.416 e. The normalized spacial score (nSPS) is 16.7. The molecule has 29 heavy (non-hydrogen) atoms. The fourth-order valence-electron chi connectivity index (χ4n) is 2.86. The third-order valence-electron chi connectivity index (χ3n) is 4.41. The summed E-state index contributed by atoms with van der Waals surface area (Å²) in [5, 5.41) is 7.50. The summed E-state index contributed by atoms with van der Waals surface area (Å²) in [6, 6.07) is 3.71. The molecule has 3 rings (SSSR count). The van der Waals surface area contributed by atoms with E-state index in [-0.39, 0.29) is 30.3 Å². The van der Waals surface area contributed by atoms with E-state index >= 15 is 0 Å². The van der Waals surface area contributed by atoms with E-state index in [0.29, 0.717) is 19.2 Å². The van der Waals surface area contributed by atoms with Crippen LogP contribution in [-0.2, 0) is 27.6 Å². The number of hydrogen-bond acceptors (Lipinski definition) is 7. The van der Waals surface area contributed by atoms with Gasteiger partial charge in [0.15, 0.2) is 5.69 Å². The van der Waals surface area contributed by atoms with Crippen molar-refractivity contribution >= 4 is 16.0 Å². The predicted molar refractivity (Wildman–Crippen MR) is 93.1 cm³/mol. The summed E-state index contributed by atoms with van der Waals surface area (Å²) >= 11 is 0. The molecule has 1 saturated heterocycles. The van der Waals surface area contributed by atoms with Crippen LogP contribution in [0.2, 0.25) is 0 Å². The Bertz CT molecular complexity index is 984. The number of alkyl halides is 3. The number of hydrogen-bond donors (Lipinski definition) is 0. The quantitative estimate of drug-likeness (QED) is 0.650. The summed E-state index contributed by atoms with van der Waals surface area (Å²) in [6.45, 7) is 1.17. The molecule has 1 aromatic heterocycles. The van der Waals surface area contributed by atoms with Gasteiger partial charge in [0, 0.05) is 26.2 Å². The molecule has 1 aliphatic heterocycles. The Morgan fingerprint density at radius 1 is 1.21 bits per heavy atom. The molecule has 0 spiro atoms. The highest BCUT2D eigenvalue weighted by atomic mass is 32.2. The highest BCUT2D eigenvalue weighted by Gasteiger charge is 2.34. The first-order valence-corrected chi connectivity index (χ1v) is 9.93. The minimum Gasteiger partial charge on any atom is -0.464 e. The van der Waals surface area contributed by atoms with Crippen LogP contribution in [0.25, 0.3) is 0 Å². The van der Waals surface area contributed by atoms with Crippen LogP contribution in [-0.4, -0.2) is 71.9 Å². The van der Waals surface area contributed by atoms with E-state index in [0.717, 1.165) is 22.5 Å². The number of ether oxygens (including phenoxy) is 1. The molecule has 2 heterocycles. The van der Waals surface area contributed by atoms with Crippen LogP contribution in [0.1, 0.15) is 16.1 Å². The Morgan fingerprint density at radius 3 is 2.52 bits per heavy atom. The molecule has 13 heteroatoms. The lowest BCUT2D eigenvalue weighted by Crippen LogP contribution is -2.48. The van der Waals surface area contributed by atoms with E-state index < -0.39 is 27.7 Å². The third-order valence-corrected chi connectivity index (χ3v) is 6.30. The molecular formula is C16H18F3N5O4S. The number of nitrogens with zero attached hydrogens (tertiary/aromatic N) is 5. The van der Waals surface area contributed by atoms with Crippen molar-refractivity contribution in [3.05, 3.63) is 41.7 Å². The first kappa shape index (κ1) is 21.2. The van der Waals surface area contributed by atoms with Gasteiger partial charge in [0.1, 0.15) is 0 Å². The van der Waals surface area contributed by atoms with Crippen molar-refractivity contribution < 1.29 is 31.1 Å². The van der Waals surface area contributed by atoms with Gasteiger partial charge in [-0.2, -0.15) is 17.5 Å². The van der Waals surface area contributed by atoms with E-state index in [1.807, 2.05) is 4.90 Å². The first-order valence-electron chi connectivity index (χ1n) is 8.49. The van der Waals surface area contributed by atoms with Gasteiger partial charge in [0.05, 0.1) is 30.4 Å². The summed E-state index contributed by atoms with van der Waals surface area (Å²) in [4.78, 5) is 12.9. The second-order valence-electron chi connectivity index (χ2n) is 6.32. The average molecular weight is 433 g/mol. The molecule has 0 amide bonds. The standard InChI is InChI=1S/C16H18F3N5O4S/c1-28-15(25)14-10-23(21-20-14)11-22-5-7-24(8-6-22)29(26,27)13-4-2-3-12(9-13)16(17,18)19/h2-4,9-10H,5-8,11H2,1H3. The number of methoxy groups -OCH3 is 1. The molecular weight excluding hydrogens is 415 g/mol. The SMILES string of the molecule is COC(=O)c1cn(CN2CCN(S(=O)(=O)c3cccc(C(F)(F)F)c3)CC2)nn1. The Hall–Kier alpha value is -2.51. The van der Waals surface area contributed by atoms with Crippen LogP contribution < -0.4 is 0 Å². The van der Waals surface area contributed by atoms with Gasteiger partial charge in [-0.1, -0.05) is 11.3 Å². The van der Waals surface area contributed by atoms with Gasteiger partial charge < -0.3 is 4.74 Å². The van der Waals surface area contributed by atoms with Crippen molar-refractivity contribution in [3.8, 4) is 0 Å². The Labute approximate surface area is 164 Å². The predicted octanol–water partition coefficient (Wildman–Crippen LogP) is 1.05. The number of aromatic nitrogens is 3. The topological polar surface area (TPSA) is 97.6 Å². The summed E-state index contributed by atoms with van der Waals surface area (Å²) in [6.07, 6.45) is -3.21. The van der Waals surface area contributed by atoms with Crippen molar-refractivity contribution in [2.75, 3.05) is 33.3 Å². The largest absolute Gasteiger partial charge is 0.464 e. The number of benzene rings is 1. The van der Waals surface area contributed by atoms with Gasteiger partial charge in [0.25, 0.3) is 0 Å². The minimum absolute atomic E-state index is 0.0539. The van der Waals surface area contributed by atoms with Crippen LogP contribution in [0, 0.1) is 0 Å². The lowest BCUT2D eigenvalue weighted by molar-refractivity contribution is -0.137. The summed E-state index contributed by atoms with van der Waals surface area (Å²) < 4.78 is 71.2. The number of carbonyl (C=O) groups is 1. The number of rotatable bonds is 5. The van der Waals surface area contributed by atoms with E-state index in [9.17, 15) is 26.4 Å². The number of carbonyl (C=O) groups excluding carboxylic acids is 1. The molecule has 0 unspecified atom stereocenters. The molecule has 1 fully saturated rings. The molecule has 0 N–H and O–H groups in total. The van der Waals surface area contributed by atoms with E-state index in [2.05, 4.69) is 15.0 Å². The van der Waals surface area contributed by atoms with E-state index in [1.54, 1.807) is 0 Å². The zero-order chi connectivity index (χ0) is 21.2. The number of sulfonamides is 1. The van der Waals surface area contributed by atoms with Gasteiger partial charge >= 0.3 is 12.1 Å². The Morgan fingerprint density at radius 2 is 1.90 bits per heavy atom. The maximum Gasteiger partial charge on any atom is 0.416 e. The van der Waals surface area contributed by atoms with Crippen LogP contribution in [0.4, 0.5) is 13.2 Å². The first-order chi connectivity index (χ1) is 13.6. The van der Waals surface area contributed by atoms with Crippen molar-refractivity contribution in [1.29, 1.82) is 0 Å². The van der Waals surface area contributed by atoms with Gasteiger partial charge in [-0.25, -0.2) is 17.9 Å². The second kappa shape index (κ2) is 8.08. The number of piperazine rings is 1. The molecule has 9 nitrogen and oxygen atoms in total. The van der Waals surface area contributed by atoms with Gasteiger partial charge in [-0.05, 0) is 18.2 Å². The lowest BCUT2D eigenvalue weighted by Gasteiger charge is -2.33. The summed E-state index contributed by atoms with van der Waals surface area (Å²) in [5.74, 6) is -0.617. The average Bonchev–Trinajstić information content (AvgIpc) is 3.16. The molecule has 0 radical (unpaired) electrons. The van der Waals surface area contributed by atoms with Crippen molar-refractivity contribution in [2.24, 2.45) is 0 Å². The van der Waals surface area contributed by atoms with E-state index in [1.165, 1.54) is 18.0 Å². The molecule has 2 aromatic rings. The number of halogens is 3. The lowest BCUT2D eigenvalue weighted by atomic mass is 10.2. The fourth-order valence-corrected chi connectivity index (χ4v) is 4.33. The molecule has 0 bridgehead atoms. The summed E-state index contributed by atoms with van der Waals surface area (Å²) in [5.41, 5.74) is -0.955. The molecule has 0 atom stereocenters. The van der Waals surface area contributed by atoms with Gasteiger partial charge in [0.2, 0.25) is 10.0 Å². The molecule has 0 aliphatic carbocycles. The van der Waals surface area contributed by atoms with Crippen LogP contribution >= 0.6 is 0 Å². The van der Waals surface area contributed by atoms with Crippen molar-refractivity contribution in [2.45, 2.75) is 17.7 Å². The molecule has 0 saturated carbocycles. The molecule has 158 valence electrons. The second-order valence-corrected chi connectivity index (χ2v) is 8.26. The Kier molecular flexibility index (Phi) is 5.91. The van der Waals surface area contributed by atoms with Crippen LogP contribution in [0.5, 0.6) is 0 Å². The van der Waals surface area contributed by atoms with Gasteiger partial charge in [-0.15, -0.1) is 5.10 Å². The minimum atomic E-state index is -4.62. The maximum absolute atomic E-state index is 12.9. The maximum atomic E-state index is 12.9.